The molecule has 2 aromatic rings. The number of nitrogens with zero attached hydrogens (tertiary/aromatic N) is 3. The highest BCUT2D eigenvalue weighted by Crippen LogP contribution is 2.30. The minimum atomic E-state index is -0.634. The van der Waals surface area contributed by atoms with Gasteiger partial charge in [0.05, 0.1) is 6.26 Å². The summed E-state index contributed by atoms with van der Waals surface area (Å²) in [7, 11) is 0. The lowest BCUT2D eigenvalue weighted by Crippen LogP contribution is -2.37. The summed E-state index contributed by atoms with van der Waals surface area (Å²) in [5, 5.41) is 10.8. The molecule has 3 N–H and O–H groups in total. The molecule has 3 rings (SSSR count). The van der Waals surface area contributed by atoms with E-state index in [1.807, 2.05) is 0 Å². The number of aromatic nitrogens is 2. The van der Waals surface area contributed by atoms with Crippen LogP contribution in [0.4, 0.5) is 11.8 Å². The Kier molecular flexibility index (Phi) is 5.03. The van der Waals surface area contributed by atoms with Crippen molar-refractivity contribution >= 4 is 23.4 Å². The average Bonchev–Trinajstić information content (AvgIpc) is 2.94. The second-order valence-corrected chi connectivity index (χ2v) is 6.26. The third-order valence-corrected chi connectivity index (χ3v) is 4.43. The molecule has 3 heterocycles. The van der Waals surface area contributed by atoms with E-state index in [1.165, 1.54) is 0 Å². The van der Waals surface area contributed by atoms with Crippen LogP contribution in [0, 0.1) is 0 Å². The van der Waals surface area contributed by atoms with Gasteiger partial charge < -0.3 is 20.2 Å². The Labute approximate surface area is 140 Å². The van der Waals surface area contributed by atoms with Crippen molar-refractivity contribution in [3.8, 4) is 0 Å². The fourth-order valence-corrected chi connectivity index (χ4v) is 3.33. The number of furan rings is 1. The molecule has 7 heteroatoms. The topological polar surface area (TPSA) is 88.4 Å². The molecule has 6 nitrogen and oxygen atoms in total. The number of nitrogen functional groups attached to an aromatic ring is 1. The van der Waals surface area contributed by atoms with E-state index in [0.29, 0.717) is 17.3 Å². The average molecular weight is 337 g/mol. The molecule has 0 aliphatic carbocycles. The van der Waals surface area contributed by atoms with Crippen molar-refractivity contribution in [1.82, 2.24) is 9.97 Å². The lowest BCUT2D eigenvalue weighted by molar-refractivity contribution is 0.129. The van der Waals surface area contributed by atoms with Crippen LogP contribution in [0.2, 0.25) is 5.15 Å². The van der Waals surface area contributed by atoms with E-state index in [4.69, 9.17) is 21.8 Å². The summed E-state index contributed by atoms with van der Waals surface area (Å²) in [4.78, 5) is 10.4. The molecule has 1 aliphatic heterocycles. The van der Waals surface area contributed by atoms with Crippen molar-refractivity contribution in [3.05, 3.63) is 35.4 Å². The van der Waals surface area contributed by atoms with E-state index in [-0.39, 0.29) is 12.0 Å². The predicted octanol–water partition coefficient (Wildman–Crippen LogP) is 3.18. The predicted molar refractivity (Wildman–Crippen MR) is 89.3 cm³/mol. The number of hydrogen-bond donors (Lipinski definition) is 2. The number of nitrogens with two attached hydrogens (primary N) is 1. The van der Waals surface area contributed by atoms with Gasteiger partial charge in [0.15, 0.2) is 0 Å². The highest BCUT2D eigenvalue weighted by Gasteiger charge is 2.26. The van der Waals surface area contributed by atoms with Crippen LogP contribution in [0.5, 0.6) is 0 Å². The van der Waals surface area contributed by atoms with Crippen LogP contribution in [0.1, 0.15) is 44.0 Å². The van der Waals surface area contributed by atoms with Gasteiger partial charge in [-0.15, -0.1) is 0 Å². The Morgan fingerprint density at radius 2 is 2.26 bits per heavy atom. The molecule has 1 aliphatic rings. The highest BCUT2D eigenvalue weighted by molar-refractivity contribution is 6.29. The molecule has 0 aromatic carbocycles. The molecule has 2 unspecified atom stereocenters. The molecule has 0 spiro atoms. The van der Waals surface area contributed by atoms with Crippen LogP contribution in [0.15, 0.2) is 28.9 Å². The molecule has 23 heavy (non-hydrogen) atoms. The van der Waals surface area contributed by atoms with Crippen LogP contribution >= 0.6 is 11.6 Å². The Balaban J connectivity index is 1.82. The third-order valence-electron chi connectivity index (χ3n) is 4.24. The van der Waals surface area contributed by atoms with Crippen LogP contribution < -0.4 is 10.6 Å². The second-order valence-electron chi connectivity index (χ2n) is 5.87. The number of aliphatic hydroxyl groups excluding tert-OH is 1. The maximum absolute atomic E-state index is 10.4. The molecular weight excluding hydrogens is 316 g/mol. The fourth-order valence-electron chi connectivity index (χ4n) is 3.15. The van der Waals surface area contributed by atoms with E-state index >= 15 is 0 Å². The van der Waals surface area contributed by atoms with Gasteiger partial charge in [-0.1, -0.05) is 24.4 Å². The number of anilines is 2. The summed E-state index contributed by atoms with van der Waals surface area (Å²) in [5.41, 5.74) is 5.73. The van der Waals surface area contributed by atoms with Crippen LogP contribution in [-0.4, -0.2) is 27.7 Å². The van der Waals surface area contributed by atoms with Crippen LogP contribution in [0.25, 0.3) is 0 Å². The molecular formula is C16H21ClN4O2. The second kappa shape index (κ2) is 7.19. The zero-order chi connectivity index (χ0) is 16.2. The van der Waals surface area contributed by atoms with Crippen molar-refractivity contribution < 1.29 is 9.52 Å². The van der Waals surface area contributed by atoms with Crippen molar-refractivity contribution in [2.75, 3.05) is 17.2 Å². The smallest absolute Gasteiger partial charge is 0.223 e. The molecule has 1 saturated heterocycles. The Hall–Kier alpha value is -1.79. The standard InChI is InChI=1S/C16H21ClN4O2/c17-14-10-15(20-16(18)19-14)21-7-3-1-2-5-11(21)9-12(22)13-6-4-8-23-13/h4,6,8,10-12,22H,1-3,5,7,9H2,(H2,18,19,20). The van der Waals surface area contributed by atoms with Gasteiger partial charge in [-0.2, -0.15) is 4.98 Å². The highest BCUT2D eigenvalue weighted by atomic mass is 35.5. The molecule has 0 saturated carbocycles. The zero-order valence-corrected chi connectivity index (χ0v) is 13.6. The first kappa shape index (κ1) is 16.1. The molecule has 0 bridgehead atoms. The summed E-state index contributed by atoms with van der Waals surface area (Å²) in [6.45, 7) is 0.863. The summed E-state index contributed by atoms with van der Waals surface area (Å²) >= 11 is 6.02. The van der Waals surface area contributed by atoms with E-state index < -0.39 is 6.10 Å². The fraction of sp³-hybridized carbons (Fsp3) is 0.500. The van der Waals surface area contributed by atoms with Crippen LogP contribution in [-0.2, 0) is 0 Å². The lowest BCUT2D eigenvalue weighted by Gasteiger charge is -2.32. The van der Waals surface area contributed by atoms with Crippen molar-refractivity contribution in [2.24, 2.45) is 0 Å². The first-order chi connectivity index (χ1) is 11.1. The van der Waals surface area contributed by atoms with E-state index in [1.54, 1.807) is 24.5 Å². The van der Waals surface area contributed by atoms with Gasteiger partial charge in [0.1, 0.15) is 22.8 Å². The Bertz CT molecular complexity index is 615. The van der Waals surface area contributed by atoms with Gasteiger partial charge >= 0.3 is 0 Å². The number of halogens is 1. The largest absolute Gasteiger partial charge is 0.467 e. The normalized spacial score (nSPS) is 20.3. The molecule has 2 aromatic heterocycles. The lowest BCUT2D eigenvalue weighted by atomic mass is 10.0. The van der Waals surface area contributed by atoms with Gasteiger partial charge in [-0.25, -0.2) is 4.98 Å². The quantitative estimate of drug-likeness (QED) is 0.834. The molecule has 0 amide bonds. The van der Waals surface area contributed by atoms with Gasteiger partial charge in [-0.05, 0) is 25.0 Å². The molecule has 0 radical (unpaired) electrons. The number of hydrogen-bond acceptors (Lipinski definition) is 6. The van der Waals surface area contributed by atoms with Crippen molar-refractivity contribution in [2.45, 2.75) is 44.2 Å². The summed E-state index contributed by atoms with van der Waals surface area (Å²) in [5.74, 6) is 1.48. The number of rotatable bonds is 4. The summed E-state index contributed by atoms with van der Waals surface area (Å²) < 4.78 is 5.31. The van der Waals surface area contributed by atoms with E-state index in [0.717, 1.165) is 38.0 Å². The Morgan fingerprint density at radius 3 is 3.00 bits per heavy atom. The molecule has 124 valence electrons. The summed E-state index contributed by atoms with van der Waals surface area (Å²) in [6.07, 6.45) is 5.88. The number of aliphatic hydroxyl groups is 1. The van der Waals surface area contributed by atoms with E-state index in [2.05, 4.69) is 14.9 Å². The Morgan fingerprint density at radius 1 is 1.39 bits per heavy atom. The SMILES string of the molecule is Nc1nc(Cl)cc(N2CCCCCC2CC(O)c2ccco2)n1. The minimum Gasteiger partial charge on any atom is -0.467 e. The third kappa shape index (κ3) is 3.95. The monoisotopic (exact) mass is 336 g/mol. The van der Waals surface area contributed by atoms with Gasteiger partial charge in [0, 0.05) is 25.1 Å². The first-order valence-corrected chi connectivity index (χ1v) is 8.29. The van der Waals surface area contributed by atoms with Gasteiger partial charge in [0.25, 0.3) is 0 Å². The van der Waals surface area contributed by atoms with Gasteiger partial charge in [-0.3, -0.25) is 0 Å². The van der Waals surface area contributed by atoms with Crippen molar-refractivity contribution in [3.63, 3.8) is 0 Å². The molecule has 2 atom stereocenters. The van der Waals surface area contributed by atoms with E-state index in [9.17, 15) is 5.11 Å². The van der Waals surface area contributed by atoms with Crippen LogP contribution in [0.3, 0.4) is 0 Å². The van der Waals surface area contributed by atoms with Crippen molar-refractivity contribution in [1.29, 1.82) is 0 Å². The maximum Gasteiger partial charge on any atom is 0.223 e. The zero-order valence-electron chi connectivity index (χ0n) is 12.9. The maximum atomic E-state index is 10.4. The first-order valence-electron chi connectivity index (χ1n) is 7.91. The van der Waals surface area contributed by atoms with Gasteiger partial charge in [0.2, 0.25) is 5.95 Å². The minimum absolute atomic E-state index is 0.156. The summed E-state index contributed by atoms with van der Waals surface area (Å²) in [6, 6.07) is 5.47. The molecule has 1 fully saturated rings.